The minimum atomic E-state index is -0.699. The molecule has 3 rings (SSSR count). The summed E-state index contributed by atoms with van der Waals surface area (Å²) < 4.78 is 5.18. The maximum Gasteiger partial charge on any atom is 0.230 e. The van der Waals surface area contributed by atoms with E-state index in [-0.39, 0.29) is 5.91 Å². The molecule has 0 radical (unpaired) electrons. The van der Waals surface area contributed by atoms with Gasteiger partial charge in [0.1, 0.15) is 11.9 Å². The molecule has 2 N–H and O–H groups in total. The van der Waals surface area contributed by atoms with E-state index in [1.165, 1.54) is 6.26 Å². The summed E-state index contributed by atoms with van der Waals surface area (Å²) in [5.41, 5.74) is 0.550. The predicted octanol–water partition coefficient (Wildman–Crippen LogP) is 3.98. The van der Waals surface area contributed by atoms with E-state index in [2.05, 4.69) is 5.32 Å². The van der Waals surface area contributed by atoms with Gasteiger partial charge in [0.05, 0.1) is 11.7 Å². The van der Waals surface area contributed by atoms with Gasteiger partial charge in [-0.15, -0.1) is 0 Å². The van der Waals surface area contributed by atoms with Crippen LogP contribution in [0.3, 0.4) is 0 Å². The van der Waals surface area contributed by atoms with E-state index in [4.69, 9.17) is 16.0 Å². The van der Waals surface area contributed by atoms with Crippen LogP contribution in [0.5, 0.6) is 0 Å². The van der Waals surface area contributed by atoms with Crippen LogP contribution in [0.15, 0.2) is 47.1 Å². The Bertz CT molecular complexity index is 660. The van der Waals surface area contributed by atoms with Crippen LogP contribution >= 0.6 is 11.6 Å². The lowest BCUT2D eigenvalue weighted by atomic mass is 9.78. The molecule has 0 spiro atoms. The Morgan fingerprint density at radius 1 is 1.25 bits per heavy atom. The SMILES string of the molecule is O=C(NCCC(O)c1ccco1)C1(c2ccc(Cl)cc2)CCCC1. The molecule has 1 saturated carbocycles. The first-order valence-electron chi connectivity index (χ1n) is 8.38. The Morgan fingerprint density at radius 3 is 2.58 bits per heavy atom. The molecule has 1 heterocycles. The average Bonchev–Trinajstić information content (AvgIpc) is 3.28. The number of benzene rings is 1. The van der Waals surface area contributed by atoms with Gasteiger partial charge in [-0.3, -0.25) is 4.79 Å². The molecule has 0 bridgehead atoms. The van der Waals surface area contributed by atoms with Gasteiger partial charge in [-0.2, -0.15) is 0 Å². The van der Waals surface area contributed by atoms with Gasteiger partial charge in [0, 0.05) is 11.6 Å². The molecule has 1 amide bonds. The number of carbonyl (C=O) groups excluding carboxylic acids is 1. The van der Waals surface area contributed by atoms with E-state index in [1.54, 1.807) is 12.1 Å². The Hall–Kier alpha value is -1.78. The number of nitrogens with one attached hydrogen (secondary N) is 1. The van der Waals surface area contributed by atoms with E-state index in [9.17, 15) is 9.90 Å². The number of hydrogen-bond acceptors (Lipinski definition) is 3. The van der Waals surface area contributed by atoms with Crippen molar-refractivity contribution in [2.45, 2.75) is 43.6 Å². The molecular formula is C19H22ClNO3. The van der Waals surface area contributed by atoms with Crippen LogP contribution in [0, 0.1) is 0 Å². The Kier molecular flexibility index (Phi) is 5.27. The van der Waals surface area contributed by atoms with Crippen molar-refractivity contribution in [3.8, 4) is 0 Å². The first-order chi connectivity index (χ1) is 11.6. The normalized spacial score (nSPS) is 17.6. The number of carbonyl (C=O) groups is 1. The summed E-state index contributed by atoms with van der Waals surface area (Å²) in [5.74, 6) is 0.562. The van der Waals surface area contributed by atoms with Gasteiger partial charge in [-0.25, -0.2) is 0 Å². The Labute approximate surface area is 146 Å². The molecule has 5 heteroatoms. The van der Waals surface area contributed by atoms with Gasteiger partial charge in [0.2, 0.25) is 5.91 Å². The number of furan rings is 1. The van der Waals surface area contributed by atoms with Crippen molar-refractivity contribution in [1.82, 2.24) is 5.32 Å². The van der Waals surface area contributed by atoms with E-state index < -0.39 is 11.5 Å². The maximum absolute atomic E-state index is 12.9. The second-order valence-electron chi connectivity index (χ2n) is 6.37. The van der Waals surface area contributed by atoms with Crippen molar-refractivity contribution < 1.29 is 14.3 Å². The number of rotatable bonds is 6. The molecule has 1 aromatic carbocycles. The largest absolute Gasteiger partial charge is 0.467 e. The zero-order valence-corrected chi connectivity index (χ0v) is 14.3. The first kappa shape index (κ1) is 17.1. The topological polar surface area (TPSA) is 62.5 Å². The molecule has 1 atom stereocenters. The fraction of sp³-hybridized carbons (Fsp3) is 0.421. The third kappa shape index (κ3) is 3.50. The highest BCUT2D eigenvalue weighted by Gasteiger charge is 2.42. The van der Waals surface area contributed by atoms with Crippen LogP contribution in [0.1, 0.15) is 49.5 Å². The smallest absolute Gasteiger partial charge is 0.230 e. The minimum absolute atomic E-state index is 0.0361. The molecule has 128 valence electrons. The van der Waals surface area contributed by atoms with Crippen LogP contribution in [0.25, 0.3) is 0 Å². The van der Waals surface area contributed by atoms with E-state index in [0.717, 1.165) is 31.2 Å². The molecule has 1 unspecified atom stereocenters. The lowest BCUT2D eigenvalue weighted by Crippen LogP contribution is -2.43. The summed E-state index contributed by atoms with van der Waals surface area (Å²) in [4.78, 5) is 12.9. The van der Waals surface area contributed by atoms with Crippen LogP contribution in [0.4, 0.5) is 0 Å². The summed E-state index contributed by atoms with van der Waals surface area (Å²) in [6, 6.07) is 11.1. The maximum atomic E-state index is 12.9. The lowest BCUT2D eigenvalue weighted by molar-refractivity contribution is -0.126. The molecule has 1 aromatic heterocycles. The molecule has 1 aliphatic rings. The fourth-order valence-corrected chi connectivity index (χ4v) is 3.64. The fourth-order valence-electron chi connectivity index (χ4n) is 3.51. The standard InChI is InChI=1S/C19H22ClNO3/c20-15-7-5-14(6-8-15)19(10-1-2-11-19)18(23)21-12-9-16(22)17-4-3-13-24-17/h3-8,13,16,22H,1-2,9-12H2,(H,21,23). The van der Waals surface area contributed by atoms with Crippen LogP contribution in [-0.4, -0.2) is 17.6 Å². The van der Waals surface area contributed by atoms with Gasteiger partial charge < -0.3 is 14.8 Å². The third-order valence-electron chi connectivity index (χ3n) is 4.86. The monoisotopic (exact) mass is 347 g/mol. The van der Waals surface area contributed by atoms with Crippen molar-refractivity contribution in [2.24, 2.45) is 0 Å². The molecule has 1 aliphatic carbocycles. The third-order valence-corrected chi connectivity index (χ3v) is 5.12. The highest BCUT2D eigenvalue weighted by Crippen LogP contribution is 2.41. The van der Waals surface area contributed by atoms with Gasteiger partial charge in [-0.05, 0) is 49.1 Å². The molecule has 4 nitrogen and oxygen atoms in total. The van der Waals surface area contributed by atoms with E-state index in [1.807, 2.05) is 24.3 Å². The highest BCUT2D eigenvalue weighted by atomic mass is 35.5. The van der Waals surface area contributed by atoms with Gasteiger partial charge in [-0.1, -0.05) is 36.6 Å². The zero-order valence-electron chi connectivity index (χ0n) is 13.5. The predicted molar refractivity (Wildman–Crippen MR) is 92.9 cm³/mol. The van der Waals surface area contributed by atoms with Crippen LogP contribution in [0.2, 0.25) is 5.02 Å². The van der Waals surface area contributed by atoms with Gasteiger partial charge in [0.25, 0.3) is 0 Å². The zero-order chi connectivity index (χ0) is 17.0. The number of hydrogen-bond donors (Lipinski definition) is 2. The summed E-state index contributed by atoms with van der Waals surface area (Å²) in [6.07, 6.45) is 5.05. The van der Waals surface area contributed by atoms with Crippen molar-refractivity contribution >= 4 is 17.5 Å². The van der Waals surface area contributed by atoms with Gasteiger partial charge in [0.15, 0.2) is 0 Å². The summed E-state index contributed by atoms with van der Waals surface area (Å²) in [5, 5.41) is 13.7. The van der Waals surface area contributed by atoms with Crippen molar-refractivity contribution in [1.29, 1.82) is 0 Å². The van der Waals surface area contributed by atoms with Crippen molar-refractivity contribution in [3.05, 3.63) is 59.0 Å². The number of amides is 1. The van der Waals surface area contributed by atoms with Crippen molar-refractivity contribution in [2.75, 3.05) is 6.54 Å². The first-order valence-corrected chi connectivity index (χ1v) is 8.75. The molecule has 0 saturated heterocycles. The molecular weight excluding hydrogens is 326 g/mol. The summed E-state index contributed by atoms with van der Waals surface area (Å²) in [6.45, 7) is 0.413. The van der Waals surface area contributed by atoms with Crippen LogP contribution in [-0.2, 0) is 10.2 Å². The number of halogens is 1. The highest BCUT2D eigenvalue weighted by molar-refractivity contribution is 6.30. The quantitative estimate of drug-likeness (QED) is 0.830. The average molecular weight is 348 g/mol. The summed E-state index contributed by atoms with van der Waals surface area (Å²) in [7, 11) is 0. The van der Waals surface area contributed by atoms with E-state index >= 15 is 0 Å². The molecule has 24 heavy (non-hydrogen) atoms. The van der Waals surface area contributed by atoms with Crippen molar-refractivity contribution in [3.63, 3.8) is 0 Å². The Balaban J connectivity index is 1.64. The van der Waals surface area contributed by atoms with Gasteiger partial charge >= 0.3 is 0 Å². The summed E-state index contributed by atoms with van der Waals surface area (Å²) >= 11 is 5.97. The number of aliphatic hydroxyl groups excluding tert-OH is 1. The Morgan fingerprint density at radius 2 is 1.96 bits per heavy atom. The number of aliphatic hydroxyl groups is 1. The molecule has 2 aromatic rings. The second-order valence-corrected chi connectivity index (χ2v) is 6.81. The minimum Gasteiger partial charge on any atom is -0.467 e. The molecule has 0 aliphatic heterocycles. The second kappa shape index (κ2) is 7.41. The molecule has 1 fully saturated rings. The lowest BCUT2D eigenvalue weighted by Gasteiger charge is -2.28. The van der Waals surface area contributed by atoms with E-state index in [0.29, 0.717) is 23.7 Å². The van der Waals surface area contributed by atoms with Crippen LogP contribution < -0.4 is 5.32 Å².